The van der Waals surface area contributed by atoms with Gasteiger partial charge in [0.1, 0.15) is 0 Å². The van der Waals surface area contributed by atoms with Crippen LogP contribution in [0.2, 0.25) is 0 Å². The SMILES string of the molecule is O=C(CC1CCCCC1)N1CCCC(CCO)C1. The van der Waals surface area contributed by atoms with Gasteiger partial charge < -0.3 is 10.0 Å². The number of aliphatic hydroxyl groups is 1. The third-order valence-electron chi connectivity index (χ3n) is 4.60. The van der Waals surface area contributed by atoms with E-state index in [9.17, 15) is 4.79 Å². The molecule has 1 aliphatic carbocycles. The summed E-state index contributed by atoms with van der Waals surface area (Å²) in [6, 6.07) is 0. The summed E-state index contributed by atoms with van der Waals surface area (Å²) in [4.78, 5) is 14.3. The Kier molecular flexibility index (Phi) is 5.48. The Morgan fingerprint density at radius 3 is 2.50 bits per heavy atom. The first-order valence-corrected chi connectivity index (χ1v) is 7.68. The maximum Gasteiger partial charge on any atom is 0.222 e. The molecule has 2 aliphatic rings. The first-order valence-electron chi connectivity index (χ1n) is 7.68. The van der Waals surface area contributed by atoms with E-state index in [1.54, 1.807) is 0 Å². The molecule has 0 radical (unpaired) electrons. The van der Waals surface area contributed by atoms with Gasteiger partial charge in [0, 0.05) is 26.1 Å². The highest BCUT2D eigenvalue weighted by Gasteiger charge is 2.25. The Hall–Kier alpha value is -0.570. The molecule has 0 aromatic rings. The van der Waals surface area contributed by atoms with Crippen molar-refractivity contribution in [3.63, 3.8) is 0 Å². The lowest BCUT2D eigenvalue weighted by molar-refractivity contribution is -0.134. The molecule has 2 fully saturated rings. The van der Waals surface area contributed by atoms with Gasteiger partial charge in [-0.05, 0) is 43.9 Å². The van der Waals surface area contributed by atoms with Gasteiger partial charge in [-0.15, -0.1) is 0 Å². The number of aliphatic hydroxyl groups excluding tert-OH is 1. The highest BCUT2D eigenvalue weighted by Crippen LogP contribution is 2.28. The van der Waals surface area contributed by atoms with Crippen LogP contribution in [0.25, 0.3) is 0 Å². The van der Waals surface area contributed by atoms with E-state index in [0.717, 1.165) is 32.4 Å². The first kappa shape index (κ1) is 13.9. The zero-order valence-electron chi connectivity index (χ0n) is 11.4. The summed E-state index contributed by atoms with van der Waals surface area (Å²) in [6.07, 6.45) is 10.4. The Morgan fingerprint density at radius 2 is 1.78 bits per heavy atom. The van der Waals surface area contributed by atoms with Gasteiger partial charge in [-0.2, -0.15) is 0 Å². The van der Waals surface area contributed by atoms with Crippen molar-refractivity contribution in [3.05, 3.63) is 0 Å². The number of piperidine rings is 1. The largest absolute Gasteiger partial charge is 0.396 e. The van der Waals surface area contributed by atoms with Crippen molar-refractivity contribution in [1.82, 2.24) is 4.90 Å². The van der Waals surface area contributed by atoms with Crippen LogP contribution in [0.5, 0.6) is 0 Å². The molecule has 1 aliphatic heterocycles. The van der Waals surface area contributed by atoms with Crippen LogP contribution >= 0.6 is 0 Å². The zero-order valence-corrected chi connectivity index (χ0v) is 11.4. The van der Waals surface area contributed by atoms with Crippen LogP contribution in [-0.2, 0) is 4.79 Å². The summed E-state index contributed by atoms with van der Waals surface area (Å²) < 4.78 is 0. The van der Waals surface area contributed by atoms with Crippen molar-refractivity contribution in [2.75, 3.05) is 19.7 Å². The van der Waals surface area contributed by atoms with E-state index < -0.39 is 0 Å². The highest BCUT2D eigenvalue weighted by molar-refractivity contribution is 5.76. The zero-order chi connectivity index (χ0) is 12.8. The number of carbonyl (C=O) groups excluding carboxylic acids is 1. The van der Waals surface area contributed by atoms with Crippen LogP contribution in [0.3, 0.4) is 0 Å². The third-order valence-corrected chi connectivity index (χ3v) is 4.60. The molecule has 104 valence electrons. The lowest BCUT2D eigenvalue weighted by atomic mass is 9.86. The van der Waals surface area contributed by atoms with Crippen LogP contribution in [0.1, 0.15) is 57.8 Å². The summed E-state index contributed by atoms with van der Waals surface area (Å²) >= 11 is 0. The summed E-state index contributed by atoms with van der Waals surface area (Å²) in [7, 11) is 0. The Bertz CT molecular complexity index is 259. The fraction of sp³-hybridized carbons (Fsp3) is 0.933. The van der Waals surface area contributed by atoms with Gasteiger partial charge >= 0.3 is 0 Å². The Morgan fingerprint density at radius 1 is 1.06 bits per heavy atom. The van der Waals surface area contributed by atoms with Crippen LogP contribution in [0.15, 0.2) is 0 Å². The summed E-state index contributed by atoms with van der Waals surface area (Å²) in [5.74, 6) is 1.54. The van der Waals surface area contributed by atoms with Crippen molar-refractivity contribution in [3.8, 4) is 0 Å². The minimum absolute atomic E-state index is 0.259. The Balaban J connectivity index is 1.76. The molecule has 0 spiro atoms. The van der Waals surface area contributed by atoms with Crippen LogP contribution in [-0.4, -0.2) is 35.6 Å². The van der Waals surface area contributed by atoms with Gasteiger partial charge in [-0.25, -0.2) is 0 Å². The highest BCUT2D eigenvalue weighted by atomic mass is 16.3. The summed E-state index contributed by atoms with van der Waals surface area (Å²) in [5.41, 5.74) is 0. The fourth-order valence-electron chi connectivity index (χ4n) is 3.48. The molecule has 1 saturated carbocycles. The standard InChI is InChI=1S/C15H27NO2/c17-10-8-14-7-4-9-16(12-14)15(18)11-13-5-2-1-3-6-13/h13-14,17H,1-12H2. The maximum atomic E-state index is 12.3. The molecule has 1 amide bonds. The van der Waals surface area contributed by atoms with Crippen LogP contribution in [0.4, 0.5) is 0 Å². The number of nitrogens with zero attached hydrogens (tertiary/aromatic N) is 1. The predicted octanol–water partition coefficient (Wildman–Crippen LogP) is 2.58. The molecule has 1 heterocycles. The van der Waals surface area contributed by atoms with Crippen molar-refractivity contribution in [2.45, 2.75) is 57.8 Å². The quantitative estimate of drug-likeness (QED) is 0.836. The van der Waals surface area contributed by atoms with Crippen molar-refractivity contribution < 1.29 is 9.90 Å². The number of rotatable bonds is 4. The van der Waals surface area contributed by atoms with Gasteiger partial charge in [0.05, 0.1) is 0 Å². The van der Waals surface area contributed by atoms with Crippen molar-refractivity contribution in [2.24, 2.45) is 11.8 Å². The van der Waals surface area contributed by atoms with Gasteiger partial charge in [0.2, 0.25) is 5.91 Å². The van der Waals surface area contributed by atoms with Gasteiger partial charge in [-0.1, -0.05) is 19.3 Å². The second kappa shape index (κ2) is 7.13. The number of carbonyl (C=O) groups is 1. The molecular formula is C15H27NO2. The smallest absolute Gasteiger partial charge is 0.222 e. The lowest BCUT2D eigenvalue weighted by Gasteiger charge is -2.34. The number of hydrogen-bond donors (Lipinski definition) is 1. The summed E-state index contributed by atoms with van der Waals surface area (Å²) in [6.45, 7) is 2.08. The molecule has 0 bridgehead atoms. The molecule has 1 unspecified atom stereocenters. The fourth-order valence-corrected chi connectivity index (χ4v) is 3.48. The van der Waals surface area contributed by atoms with Crippen molar-refractivity contribution >= 4 is 5.91 Å². The molecule has 3 heteroatoms. The van der Waals surface area contributed by atoms with E-state index in [1.807, 2.05) is 0 Å². The number of hydrogen-bond acceptors (Lipinski definition) is 2. The average molecular weight is 253 g/mol. The second-order valence-corrected chi connectivity index (χ2v) is 6.07. The van der Waals surface area contributed by atoms with E-state index in [0.29, 0.717) is 17.7 Å². The monoisotopic (exact) mass is 253 g/mol. The molecule has 2 rings (SSSR count). The molecule has 1 atom stereocenters. The maximum absolute atomic E-state index is 12.3. The number of amides is 1. The molecule has 1 N–H and O–H groups in total. The predicted molar refractivity (Wildman–Crippen MR) is 72.2 cm³/mol. The van der Waals surface area contributed by atoms with Crippen LogP contribution in [0, 0.1) is 11.8 Å². The first-order chi connectivity index (χ1) is 8.79. The average Bonchev–Trinajstić information content (AvgIpc) is 2.40. The molecule has 1 saturated heterocycles. The van der Waals surface area contributed by atoms with Gasteiger partial charge in [-0.3, -0.25) is 4.79 Å². The van der Waals surface area contributed by atoms with Gasteiger partial charge in [0.25, 0.3) is 0 Å². The van der Waals surface area contributed by atoms with Gasteiger partial charge in [0.15, 0.2) is 0 Å². The summed E-state index contributed by atoms with van der Waals surface area (Å²) in [5, 5.41) is 9.00. The minimum Gasteiger partial charge on any atom is -0.396 e. The topological polar surface area (TPSA) is 40.5 Å². The number of likely N-dealkylation sites (tertiary alicyclic amines) is 1. The molecule has 3 nitrogen and oxygen atoms in total. The molecular weight excluding hydrogens is 226 g/mol. The van der Waals surface area contributed by atoms with Crippen LogP contribution < -0.4 is 0 Å². The molecule has 0 aromatic carbocycles. The van der Waals surface area contributed by atoms with Crippen molar-refractivity contribution in [1.29, 1.82) is 0 Å². The third kappa shape index (κ3) is 3.98. The lowest BCUT2D eigenvalue weighted by Crippen LogP contribution is -2.40. The Labute approximate surface area is 111 Å². The minimum atomic E-state index is 0.259. The van der Waals surface area contributed by atoms with E-state index in [-0.39, 0.29) is 6.61 Å². The molecule has 0 aromatic heterocycles. The molecule has 18 heavy (non-hydrogen) atoms. The van der Waals surface area contributed by atoms with E-state index >= 15 is 0 Å². The van der Waals surface area contributed by atoms with E-state index in [1.165, 1.54) is 38.5 Å². The second-order valence-electron chi connectivity index (χ2n) is 6.07. The normalized spacial score (nSPS) is 26.3. The van der Waals surface area contributed by atoms with E-state index in [4.69, 9.17) is 5.11 Å². The van der Waals surface area contributed by atoms with E-state index in [2.05, 4.69) is 4.90 Å².